The summed E-state index contributed by atoms with van der Waals surface area (Å²) in [4.78, 5) is 10.9. The maximum absolute atomic E-state index is 4.25. The van der Waals surface area contributed by atoms with E-state index in [2.05, 4.69) is 60.4 Å². The van der Waals surface area contributed by atoms with Crippen molar-refractivity contribution in [1.29, 1.82) is 0 Å². The Labute approximate surface area is 121 Å². The average molecular weight is 319 g/mol. The summed E-state index contributed by atoms with van der Waals surface area (Å²) < 4.78 is 0.899. The first-order valence-electron chi connectivity index (χ1n) is 6.35. The van der Waals surface area contributed by atoms with Crippen LogP contribution in [0.2, 0.25) is 0 Å². The standard InChI is InChI=1S/C14H15BrN4/c15-11-8-16-14(17-9-11)18-12-6-7-19(10-12)13-4-2-1-3-5-13/h1-5,8-9,12H,6-7,10H2,(H,16,17,18). The van der Waals surface area contributed by atoms with Gasteiger partial charge in [0.2, 0.25) is 5.95 Å². The van der Waals surface area contributed by atoms with Gasteiger partial charge < -0.3 is 10.2 Å². The number of rotatable bonds is 3. The van der Waals surface area contributed by atoms with Gasteiger partial charge in [-0.3, -0.25) is 0 Å². The zero-order valence-electron chi connectivity index (χ0n) is 10.5. The lowest BCUT2D eigenvalue weighted by Gasteiger charge is -2.18. The van der Waals surface area contributed by atoms with Gasteiger partial charge in [0, 0.05) is 37.2 Å². The minimum absolute atomic E-state index is 0.404. The van der Waals surface area contributed by atoms with E-state index in [1.807, 2.05) is 6.07 Å². The van der Waals surface area contributed by atoms with Gasteiger partial charge in [-0.1, -0.05) is 18.2 Å². The Bertz CT molecular complexity index is 529. The Morgan fingerprint density at radius 1 is 1.16 bits per heavy atom. The van der Waals surface area contributed by atoms with Crippen LogP contribution >= 0.6 is 15.9 Å². The highest BCUT2D eigenvalue weighted by Crippen LogP contribution is 2.21. The number of halogens is 1. The zero-order valence-corrected chi connectivity index (χ0v) is 12.0. The van der Waals surface area contributed by atoms with Crippen LogP contribution in [0.5, 0.6) is 0 Å². The molecule has 19 heavy (non-hydrogen) atoms. The number of nitrogens with one attached hydrogen (secondary N) is 1. The molecule has 98 valence electrons. The Kier molecular flexibility index (Phi) is 3.64. The van der Waals surface area contributed by atoms with E-state index in [0.717, 1.165) is 24.0 Å². The number of aromatic nitrogens is 2. The first-order valence-corrected chi connectivity index (χ1v) is 7.14. The fourth-order valence-corrected chi connectivity index (χ4v) is 2.53. The van der Waals surface area contributed by atoms with Crippen LogP contribution in [0.25, 0.3) is 0 Å². The Hall–Kier alpha value is -1.62. The van der Waals surface area contributed by atoms with Gasteiger partial charge in [-0.25, -0.2) is 9.97 Å². The summed E-state index contributed by atoms with van der Waals surface area (Å²) in [6.07, 6.45) is 4.63. The minimum atomic E-state index is 0.404. The average Bonchev–Trinajstić information content (AvgIpc) is 2.91. The number of nitrogens with zero attached hydrogens (tertiary/aromatic N) is 3. The fraction of sp³-hybridized carbons (Fsp3) is 0.286. The molecule has 0 radical (unpaired) electrons. The highest BCUT2D eigenvalue weighted by atomic mass is 79.9. The number of benzene rings is 1. The molecule has 0 spiro atoms. The van der Waals surface area contributed by atoms with Crippen LogP contribution in [0.4, 0.5) is 11.6 Å². The summed E-state index contributed by atoms with van der Waals surface area (Å²) in [5.41, 5.74) is 1.28. The van der Waals surface area contributed by atoms with E-state index in [1.54, 1.807) is 12.4 Å². The lowest BCUT2D eigenvalue weighted by atomic mass is 10.3. The summed E-state index contributed by atoms with van der Waals surface area (Å²) in [6, 6.07) is 10.9. The van der Waals surface area contributed by atoms with Crippen LogP contribution in [0, 0.1) is 0 Å². The molecule has 1 aromatic heterocycles. The quantitative estimate of drug-likeness (QED) is 0.944. The molecule has 2 heterocycles. The van der Waals surface area contributed by atoms with E-state index in [4.69, 9.17) is 0 Å². The van der Waals surface area contributed by atoms with E-state index >= 15 is 0 Å². The molecule has 1 saturated heterocycles. The first kappa shape index (κ1) is 12.4. The van der Waals surface area contributed by atoms with Crippen LogP contribution < -0.4 is 10.2 Å². The molecule has 2 aromatic rings. The second kappa shape index (κ2) is 5.57. The number of hydrogen-bond donors (Lipinski definition) is 1. The summed E-state index contributed by atoms with van der Waals surface area (Å²) in [6.45, 7) is 2.06. The molecule has 1 atom stereocenters. The molecule has 0 aliphatic carbocycles. The summed E-state index contributed by atoms with van der Waals surface area (Å²) in [7, 11) is 0. The maximum Gasteiger partial charge on any atom is 0.222 e. The molecule has 3 rings (SSSR count). The van der Waals surface area contributed by atoms with Crippen LogP contribution in [0.1, 0.15) is 6.42 Å². The minimum Gasteiger partial charge on any atom is -0.369 e. The van der Waals surface area contributed by atoms with E-state index in [1.165, 1.54) is 5.69 Å². The first-order chi connectivity index (χ1) is 9.31. The van der Waals surface area contributed by atoms with Gasteiger partial charge in [-0.2, -0.15) is 0 Å². The SMILES string of the molecule is Brc1cnc(NC2CCN(c3ccccc3)C2)nc1. The van der Waals surface area contributed by atoms with Gasteiger partial charge in [-0.15, -0.1) is 0 Å². The lowest BCUT2D eigenvalue weighted by molar-refractivity contribution is 0.792. The molecule has 1 fully saturated rings. The second-order valence-corrected chi connectivity index (χ2v) is 5.55. The molecule has 1 unspecified atom stereocenters. The van der Waals surface area contributed by atoms with E-state index < -0.39 is 0 Å². The number of hydrogen-bond acceptors (Lipinski definition) is 4. The molecule has 4 nitrogen and oxygen atoms in total. The Morgan fingerprint density at radius 2 is 1.89 bits per heavy atom. The predicted molar refractivity (Wildman–Crippen MR) is 80.4 cm³/mol. The van der Waals surface area contributed by atoms with Crippen molar-refractivity contribution in [3.63, 3.8) is 0 Å². The van der Waals surface area contributed by atoms with Crippen LogP contribution in [-0.2, 0) is 0 Å². The van der Waals surface area contributed by atoms with Crippen molar-refractivity contribution in [3.05, 3.63) is 47.2 Å². The predicted octanol–water partition coefficient (Wildman–Crippen LogP) is 2.93. The summed E-state index contributed by atoms with van der Waals surface area (Å²) in [5, 5.41) is 3.38. The smallest absolute Gasteiger partial charge is 0.222 e. The third kappa shape index (κ3) is 3.04. The molecule has 1 aliphatic heterocycles. The highest BCUT2D eigenvalue weighted by Gasteiger charge is 2.22. The van der Waals surface area contributed by atoms with Gasteiger partial charge in [0.15, 0.2) is 0 Å². The van der Waals surface area contributed by atoms with Crippen molar-refractivity contribution in [3.8, 4) is 0 Å². The zero-order chi connectivity index (χ0) is 13.1. The third-order valence-electron chi connectivity index (χ3n) is 3.26. The molecule has 1 aliphatic rings. The van der Waals surface area contributed by atoms with Crippen molar-refractivity contribution in [2.24, 2.45) is 0 Å². The molecule has 1 N–H and O–H groups in total. The van der Waals surface area contributed by atoms with Crippen molar-refractivity contribution < 1.29 is 0 Å². The molecule has 0 amide bonds. The number of anilines is 2. The van der Waals surface area contributed by atoms with Gasteiger partial charge in [0.1, 0.15) is 0 Å². The molecular formula is C14H15BrN4. The van der Waals surface area contributed by atoms with Crippen molar-refractivity contribution in [1.82, 2.24) is 9.97 Å². The highest BCUT2D eigenvalue weighted by molar-refractivity contribution is 9.10. The lowest BCUT2D eigenvalue weighted by Crippen LogP contribution is -2.26. The monoisotopic (exact) mass is 318 g/mol. The van der Waals surface area contributed by atoms with E-state index in [9.17, 15) is 0 Å². The Balaban J connectivity index is 1.62. The summed E-state index contributed by atoms with van der Waals surface area (Å²) >= 11 is 3.34. The second-order valence-electron chi connectivity index (χ2n) is 4.64. The Morgan fingerprint density at radius 3 is 2.63 bits per heavy atom. The normalized spacial score (nSPS) is 18.6. The van der Waals surface area contributed by atoms with Gasteiger partial charge in [-0.05, 0) is 34.5 Å². The maximum atomic E-state index is 4.25. The molecular weight excluding hydrogens is 304 g/mol. The van der Waals surface area contributed by atoms with Crippen molar-refractivity contribution >= 4 is 27.6 Å². The van der Waals surface area contributed by atoms with E-state index in [-0.39, 0.29) is 0 Å². The third-order valence-corrected chi connectivity index (χ3v) is 3.67. The van der Waals surface area contributed by atoms with Crippen molar-refractivity contribution in [2.75, 3.05) is 23.3 Å². The van der Waals surface area contributed by atoms with Crippen molar-refractivity contribution in [2.45, 2.75) is 12.5 Å². The molecule has 0 bridgehead atoms. The molecule has 1 aromatic carbocycles. The van der Waals surface area contributed by atoms with Crippen LogP contribution in [0.15, 0.2) is 47.2 Å². The van der Waals surface area contributed by atoms with Gasteiger partial charge in [0.25, 0.3) is 0 Å². The van der Waals surface area contributed by atoms with Gasteiger partial charge in [0.05, 0.1) is 4.47 Å². The molecule has 0 saturated carbocycles. The fourth-order valence-electron chi connectivity index (χ4n) is 2.32. The van der Waals surface area contributed by atoms with Gasteiger partial charge >= 0.3 is 0 Å². The van der Waals surface area contributed by atoms with Crippen LogP contribution in [0.3, 0.4) is 0 Å². The summed E-state index contributed by atoms with van der Waals surface area (Å²) in [5.74, 6) is 0.697. The molecule has 5 heteroatoms. The van der Waals surface area contributed by atoms with E-state index in [0.29, 0.717) is 12.0 Å². The van der Waals surface area contributed by atoms with Crippen LogP contribution in [-0.4, -0.2) is 29.1 Å². The largest absolute Gasteiger partial charge is 0.369 e. The topological polar surface area (TPSA) is 41.1 Å². The number of para-hydroxylation sites is 1.